The predicted molar refractivity (Wildman–Crippen MR) is 73.5 cm³/mol. The highest BCUT2D eigenvalue weighted by molar-refractivity contribution is 6.05. The number of hydrogen-bond donors (Lipinski definition) is 1. The summed E-state index contributed by atoms with van der Waals surface area (Å²) in [6, 6.07) is 8.73. The molecule has 106 valence electrons. The van der Waals surface area contributed by atoms with Gasteiger partial charge >= 0.3 is 0 Å². The molecule has 0 radical (unpaired) electrons. The first-order chi connectivity index (χ1) is 9.63. The minimum atomic E-state index is -0.544. The summed E-state index contributed by atoms with van der Waals surface area (Å²) in [5.41, 5.74) is 0.810. The second-order valence-electron chi connectivity index (χ2n) is 5.95. The molecular formula is C16H19NO3. The van der Waals surface area contributed by atoms with Crippen LogP contribution in [0.15, 0.2) is 30.3 Å². The SMILES string of the molecule is CC1CC2C(=O)N([C@@H](CO)c3ccccc3)C(=O)C2C1. The number of carbonyl (C=O) groups is 2. The number of amides is 2. The zero-order valence-electron chi connectivity index (χ0n) is 11.5. The molecule has 1 saturated heterocycles. The molecule has 2 unspecified atom stereocenters. The summed E-state index contributed by atoms with van der Waals surface area (Å²) < 4.78 is 0. The number of benzene rings is 1. The van der Waals surface area contributed by atoms with Gasteiger partial charge in [-0.05, 0) is 24.3 Å². The van der Waals surface area contributed by atoms with Crippen LogP contribution in [0.5, 0.6) is 0 Å². The Bertz CT molecular complexity index is 504. The molecule has 3 atom stereocenters. The Morgan fingerprint density at radius 2 is 1.70 bits per heavy atom. The number of carbonyl (C=O) groups excluding carboxylic acids is 2. The average Bonchev–Trinajstić information content (AvgIpc) is 2.94. The zero-order chi connectivity index (χ0) is 14.3. The van der Waals surface area contributed by atoms with Crippen molar-refractivity contribution in [1.29, 1.82) is 0 Å². The minimum absolute atomic E-state index is 0.104. The Kier molecular flexibility index (Phi) is 3.34. The second kappa shape index (κ2) is 5.02. The first kappa shape index (κ1) is 13.3. The predicted octanol–water partition coefficient (Wildman–Crippen LogP) is 1.75. The van der Waals surface area contributed by atoms with E-state index >= 15 is 0 Å². The molecule has 4 heteroatoms. The molecule has 2 fully saturated rings. The van der Waals surface area contributed by atoms with E-state index in [1.807, 2.05) is 30.3 Å². The molecule has 0 spiro atoms. The summed E-state index contributed by atoms with van der Waals surface area (Å²) in [7, 11) is 0. The van der Waals surface area contributed by atoms with Crippen LogP contribution in [0, 0.1) is 17.8 Å². The van der Waals surface area contributed by atoms with E-state index in [9.17, 15) is 14.7 Å². The largest absolute Gasteiger partial charge is 0.394 e. The van der Waals surface area contributed by atoms with Gasteiger partial charge in [-0.1, -0.05) is 37.3 Å². The summed E-state index contributed by atoms with van der Waals surface area (Å²) in [6.45, 7) is 1.86. The lowest BCUT2D eigenvalue weighted by Gasteiger charge is -2.26. The van der Waals surface area contributed by atoms with E-state index in [2.05, 4.69) is 6.92 Å². The Morgan fingerprint density at radius 3 is 2.20 bits per heavy atom. The quantitative estimate of drug-likeness (QED) is 0.854. The van der Waals surface area contributed by atoms with E-state index in [1.165, 1.54) is 4.90 Å². The van der Waals surface area contributed by atoms with Crippen molar-refractivity contribution >= 4 is 11.8 Å². The van der Waals surface area contributed by atoms with E-state index in [0.717, 1.165) is 18.4 Å². The van der Waals surface area contributed by atoms with E-state index < -0.39 is 6.04 Å². The maximum absolute atomic E-state index is 12.5. The minimum Gasteiger partial charge on any atom is -0.394 e. The molecular weight excluding hydrogens is 254 g/mol. The van der Waals surface area contributed by atoms with E-state index in [0.29, 0.717) is 5.92 Å². The lowest BCUT2D eigenvalue weighted by atomic mass is 10.00. The molecule has 1 aromatic rings. The highest BCUT2D eigenvalue weighted by Gasteiger charge is 2.53. The summed E-state index contributed by atoms with van der Waals surface area (Å²) in [5.74, 6) is -0.116. The van der Waals surface area contributed by atoms with Crippen molar-refractivity contribution in [2.75, 3.05) is 6.61 Å². The van der Waals surface area contributed by atoms with Crippen LogP contribution >= 0.6 is 0 Å². The van der Waals surface area contributed by atoms with Gasteiger partial charge in [-0.15, -0.1) is 0 Å². The van der Waals surface area contributed by atoms with Gasteiger partial charge in [-0.25, -0.2) is 0 Å². The van der Waals surface area contributed by atoms with Gasteiger partial charge in [0.25, 0.3) is 0 Å². The molecule has 3 rings (SSSR count). The summed E-state index contributed by atoms with van der Waals surface area (Å²) >= 11 is 0. The molecule has 1 N–H and O–H groups in total. The molecule has 1 saturated carbocycles. The molecule has 0 aromatic heterocycles. The van der Waals surface area contributed by atoms with Crippen LogP contribution in [0.1, 0.15) is 31.4 Å². The number of aliphatic hydroxyl groups excluding tert-OH is 1. The Balaban J connectivity index is 1.90. The smallest absolute Gasteiger partial charge is 0.233 e. The molecule has 1 aromatic carbocycles. The maximum atomic E-state index is 12.5. The molecule has 20 heavy (non-hydrogen) atoms. The maximum Gasteiger partial charge on any atom is 0.233 e. The van der Waals surface area contributed by atoms with Crippen molar-refractivity contribution in [3.05, 3.63) is 35.9 Å². The highest BCUT2D eigenvalue weighted by atomic mass is 16.3. The van der Waals surface area contributed by atoms with Gasteiger partial charge in [-0.2, -0.15) is 0 Å². The van der Waals surface area contributed by atoms with Crippen LogP contribution in [0.4, 0.5) is 0 Å². The van der Waals surface area contributed by atoms with E-state index in [1.54, 1.807) is 0 Å². The number of hydrogen-bond acceptors (Lipinski definition) is 3. The number of rotatable bonds is 3. The fraction of sp³-hybridized carbons (Fsp3) is 0.500. The van der Waals surface area contributed by atoms with Crippen molar-refractivity contribution in [2.45, 2.75) is 25.8 Å². The van der Waals surface area contributed by atoms with Crippen molar-refractivity contribution in [1.82, 2.24) is 4.90 Å². The molecule has 2 aliphatic rings. The Morgan fingerprint density at radius 1 is 1.15 bits per heavy atom. The van der Waals surface area contributed by atoms with Gasteiger partial charge in [0.2, 0.25) is 11.8 Å². The van der Waals surface area contributed by atoms with Gasteiger partial charge < -0.3 is 5.11 Å². The van der Waals surface area contributed by atoms with Gasteiger partial charge in [-0.3, -0.25) is 14.5 Å². The van der Waals surface area contributed by atoms with Crippen LogP contribution < -0.4 is 0 Å². The lowest BCUT2D eigenvalue weighted by molar-refractivity contribution is -0.144. The summed E-state index contributed by atoms with van der Waals surface area (Å²) in [4.78, 5) is 26.3. The van der Waals surface area contributed by atoms with Crippen LogP contribution in [0.3, 0.4) is 0 Å². The van der Waals surface area contributed by atoms with Gasteiger partial charge in [0.15, 0.2) is 0 Å². The van der Waals surface area contributed by atoms with E-state index in [-0.39, 0.29) is 30.3 Å². The van der Waals surface area contributed by atoms with Gasteiger partial charge in [0.1, 0.15) is 0 Å². The first-order valence-corrected chi connectivity index (χ1v) is 7.16. The highest BCUT2D eigenvalue weighted by Crippen LogP contribution is 2.45. The Hall–Kier alpha value is -1.68. The molecule has 0 bridgehead atoms. The number of imide groups is 1. The van der Waals surface area contributed by atoms with Crippen molar-refractivity contribution in [3.63, 3.8) is 0 Å². The third-order valence-electron chi connectivity index (χ3n) is 4.58. The van der Waals surface area contributed by atoms with Crippen molar-refractivity contribution in [2.24, 2.45) is 17.8 Å². The van der Waals surface area contributed by atoms with Gasteiger partial charge in [0.05, 0.1) is 24.5 Å². The lowest BCUT2D eigenvalue weighted by Crippen LogP contribution is -2.37. The van der Waals surface area contributed by atoms with Crippen molar-refractivity contribution < 1.29 is 14.7 Å². The standard InChI is InChI=1S/C16H19NO3/c1-10-7-12-13(8-10)16(20)17(15(12)19)14(9-18)11-5-3-2-4-6-11/h2-6,10,12-14,18H,7-9H2,1H3/t10?,12?,13?,14-/m0/s1. The number of aliphatic hydroxyl groups is 1. The average molecular weight is 273 g/mol. The van der Waals surface area contributed by atoms with Crippen LogP contribution in [0.2, 0.25) is 0 Å². The fourth-order valence-electron chi connectivity index (χ4n) is 3.62. The van der Waals surface area contributed by atoms with Crippen molar-refractivity contribution in [3.8, 4) is 0 Å². The van der Waals surface area contributed by atoms with E-state index in [4.69, 9.17) is 0 Å². The Labute approximate surface area is 118 Å². The molecule has 1 aliphatic heterocycles. The van der Waals surface area contributed by atoms with Crippen LogP contribution in [0.25, 0.3) is 0 Å². The molecule has 4 nitrogen and oxygen atoms in total. The second-order valence-corrected chi connectivity index (χ2v) is 5.95. The number of likely N-dealkylation sites (tertiary alicyclic amines) is 1. The third-order valence-corrected chi connectivity index (χ3v) is 4.58. The fourth-order valence-corrected chi connectivity index (χ4v) is 3.62. The monoisotopic (exact) mass is 273 g/mol. The summed E-state index contributed by atoms with van der Waals surface area (Å²) in [5, 5.41) is 9.64. The normalized spacial score (nSPS) is 30.7. The van der Waals surface area contributed by atoms with Gasteiger partial charge in [0, 0.05) is 0 Å². The summed E-state index contributed by atoms with van der Waals surface area (Å²) in [6.07, 6.45) is 1.58. The molecule has 1 heterocycles. The molecule has 1 aliphatic carbocycles. The van der Waals surface area contributed by atoms with Crippen LogP contribution in [-0.2, 0) is 9.59 Å². The van der Waals surface area contributed by atoms with Crippen LogP contribution in [-0.4, -0.2) is 28.4 Å². The zero-order valence-corrected chi connectivity index (χ0v) is 11.5. The first-order valence-electron chi connectivity index (χ1n) is 7.16. The third kappa shape index (κ3) is 1.95. The molecule has 2 amide bonds. The number of nitrogens with zero attached hydrogens (tertiary/aromatic N) is 1. The topological polar surface area (TPSA) is 57.6 Å². The number of fused-ring (bicyclic) bond motifs is 1.